The first kappa shape index (κ1) is 33.0. The van der Waals surface area contributed by atoms with E-state index in [4.69, 9.17) is 18.9 Å². The summed E-state index contributed by atoms with van der Waals surface area (Å²) in [5, 5.41) is 7.85. The van der Waals surface area contributed by atoms with Crippen LogP contribution in [0.5, 0.6) is 0 Å². The maximum absolute atomic E-state index is 13.8. The molecule has 0 radical (unpaired) electrons. The molecule has 0 amide bonds. The van der Waals surface area contributed by atoms with Crippen LogP contribution in [0.15, 0.2) is 46.2 Å². The lowest BCUT2D eigenvalue weighted by atomic mass is 10.1. The number of carbonyl (C=O) groups excluding carboxylic acids is 3. The molecule has 4 atom stereocenters. The SMILES string of the molecule is CC(=O)OCC(OC(Sc1cncc(Br)c1)[C@H](Cn1cc(-c2cc(F)c(F)c(F)c2)nn1)OC(C)=O)[C@@H](C)OC(C)=O. The summed E-state index contributed by atoms with van der Waals surface area (Å²) < 4.78 is 65.1. The Bertz CT molecular complexity index is 1410. The number of esters is 3. The molecule has 3 rings (SSSR count). The maximum Gasteiger partial charge on any atom is 0.303 e. The molecule has 0 N–H and O–H groups in total. The minimum atomic E-state index is -1.62. The monoisotopic (exact) mass is 674 g/mol. The summed E-state index contributed by atoms with van der Waals surface area (Å²) in [5.41, 5.74) is -1.08. The van der Waals surface area contributed by atoms with Crippen LogP contribution in [0.2, 0.25) is 0 Å². The van der Waals surface area contributed by atoms with Crippen LogP contribution < -0.4 is 0 Å². The van der Waals surface area contributed by atoms with Crippen molar-refractivity contribution in [3.8, 4) is 11.3 Å². The van der Waals surface area contributed by atoms with Crippen molar-refractivity contribution in [2.75, 3.05) is 6.61 Å². The number of nitrogens with zero attached hydrogens (tertiary/aromatic N) is 4. The van der Waals surface area contributed by atoms with Crippen LogP contribution in [0.4, 0.5) is 13.2 Å². The van der Waals surface area contributed by atoms with Crippen LogP contribution in [0, 0.1) is 17.5 Å². The van der Waals surface area contributed by atoms with E-state index in [-0.39, 0.29) is 24.4 Å². The molecule has 0 aliphatic heterocycles. The van der Waals surface area contributed by atoms with Crippen LogP contribution in [-0.4, -0.2) is 68.2 Å². The van der Waals surface area contributed by atoms with Gasteiger partial charge in [-0.25, -0.2) is 17.9 Å². The quantitative estimate of drug-likeness (QED) is 0.0836. The highest BCUT2D eigenvalue weighted by molar-refractivity contribution is 9.10. The number of hydrogen-bond acceptors (Lipinski definition) is 11. The molecular weight excluding hydrogens is 649 g/mol. The van der Waals surface area contributed by atoms with Gasteiger partial charge in [0, 0.05) is 48.1 Å². The van der Waals surface area contributed by atoms with Gasteiger partial charge in [-0.2, -0.15) is 0 Å². The second-order valence-corrected chi connectivity index (χ2v) is 10.9. The maximum atomic E-state index is 13.8. The van der Waals surface area contributed by atoms with Gasteiger partial charge in [0.15, 0.2) is 23.6 Å². The molecule has 0 bridgehead atoms. The fourth-order valence-electron chi connectivity index (χ4n) is 3.58. The average molecular weight is 675 g/mol. The third kappa shape index (κ3) is 9.80. The van der Waals surface area contributed by atoms with Gasteiger partial charge in [-0.1, -0.05) is 17.0 Å². The third-order valence-corrected chi connectivity index (χ3v) is 6.95. The lowest BCUT2D eigenvalue weighted by Gasteiger charge is -2.32. The zero-order chi connectivity index (χ0) is 31.0. The molecular formula is C26H26BrF3N4O7S. The van der Waals surface area contributed by atoms with Crippen molar-refractivity contribution in [1.29, 1.82) is 0 Å². The number of benzene rings is 1. The second kappa shape index (κ2) is 15.1. The van der Waals surface area contributed by atoms with E-state index < -0.39 is 59.1 Å². The molecule has 2 aromatic heterocycles. The standard InChI is InChI=1S/C26H26BrF3N4O7S/c1-13(39-15(3)36)24(12-38-14(2)35)41-26(42-19-7-18(27)8-31-9-19)23(40-16(4)37)11-34-10-22(32-33-34)17-5-20(28)25(30)21(29)6-17/h5-10,13,23-24,26H,11-12H2,1-4H3/t13-,23+,24?,26?/m1/s1. The summed E-state index contributed by atoms with van der Waals surface area (Å²) in [4.78, 5) is 40.1. The van der Waals surface area contributed by atoms with E-state index in [1.807, 2.05) is 0 Å². The molecule has 0 aliphatic carbocycles. The lowest BCUT2D eigenvalue weighted by Crippen LogP contribution is -2.43. The number of carbonyl (C=O) groups is 3. The summed E-state index contributed by atoms with van der Waals surface area (Å²) >= 11 is 4.45. The van der Waals surface area contributed by atoms with Crippen molar-refractivity contribution in [2.24, 2.45) is 0 Å². The Kier molecular flexibility index (Phi) is 11.9. The Morgan fingerprint density at radius 1 is 0.976 bits per heavy atom. The molecule has 0 saturated carbocycles. The summed E-state index contributed by atoms with van der Waals surface area (Å²) in [6.45, 7) is 4.69. The molecule has 2 heterocycles. The van der Waals surface area contributed by atoms with Crippen LogP contribution >= 0.6 is 27.7 Å². The number of hydrogen-bond donors (Lipinski definition) is 0. The highest BCUT2D eigenvalue weighted by Crippen LogP contribution is 2.32. The molecule has 11 nitrogen and oxygen atoms in total. The first-order valence-electron chi connectivity index (χ1n) is 12.3. The normalized spacial score (nSPS) is 14.0. The Balaban J connectivity index is 1.96. The number of pyridine rings is 1. The minimum absolute atomic E-state index is 0.0203. The van der Waals surface area contributed by atoms with Gasteiger partial charge in [-0.3, -0.25) is 19.4 Å². The summed E-state index contributed by atoms with van der Waals surface area (Å²) in [5.74, 6) is -6.28. The van der Waals surface area contributed by atoms with Gasteiger partial charge in [-0.15, -0.1) is 5.10 Å². The van der Waals surface area contributed by atoms with E-state index >= 15 is 0 Å². The molecule has 0 saturated heterocycles. The van der Waals surface area contributed by atoms with Crippen molar-refractivity contribution in [1.82, 2.24) is 20.0 Å². The summed E-state index contributed by atoms with van der Waals surface area (Å²) in [6, 6.07) is 3.28. The van der Waals surface area contributed by atoms with E-state index in [2.05, 4.69) is 31.2 Å². The first-order valence-corrected chi connectivity index (χ1v) is 13.9. The highest BCUT2D eigenvalue weighted by Gasteiger charge is 2.34. The highest BCUT2D eigenvalue weighted by atomic mass is 79.9. The molecule has 1 aromatic carbocycles. The number of ether oxygens (including phenoxy) is 4. The molecule has 42 heavy (non-hydrogen) atoms. The molecule has 226 valence electrons. The van der Waals surface area contributed by atoms with Crippen LogP contribution in [0.25, 0.3) is 11.3 Å². The van der Waals surface area contributed by atoms with Crippen molar-refractivity contribution < 1.29 is 46.5 Å². The largest absolute Gasteiger partial charge is 0.463 e. The number of thioether (sulfide) groups is 1. The van der Waals surface area contributed by atoms with Crippen molar-refractivity contribution in [2.45, 2.75) is 62.9 Å². The number of aromatic nitrogens is 4. The Labute approximate surface area is 251 Å². The third-order valence-electron chi connectivity index (χ3n) is 5.37. The predicted molar refractivity (Wildman–Crippen MR) is 145 cm³/mol. The van der Waals surface area contributed by atoms with Gasteiger partial charge in [0.25, 0.3) is 0 Å². The molecule has 3 aromatic rings. The van der Waals surface area contributed by atoms with Crippen molar-refractivity contribution >= 4 is 45.6 Å². The van der Waals surface area contributed by atoms with E-state index in [1.54, 1.807) is 25.4 Å². The van der Waals surface area contributed by atoms with Gasteiger partial charge in [0.1, 0.15) is 29.9 Å². The average Bonchev–Trinajstić information content (AvgIpc) is 3.36. The van der Waals surface area contributed by atoms with E-state index in [1.165, 1.54) is 31.6 Å². The van der Waals surface area contributed by atoms with E-state index in [9.17, 15) is 27.6 Å². The molecule has 0 aliphatic rings. The van der Waals surface area contributed by atoms with Crippen molar-refractivity contribution in [3.05, 3.63) is 58.7 Å². The van der Waals surface area contributed by atoms with Crippen LogP contribution in [0.3, 0.4) is 0 Å². The fraction of sp³-hybridized carbons (Fsp3) is 0.385. The van der Waals surface area contributed by atoms with Gasteiger partial charge < -0.3 is 18.9 Å². The predicted octanol–water partition coefficient (Wildman–Crippen LogP) is 4.47. The van der Waals surface area contributed by atoms with Crippen molar-refractivity contribution in [3.63, 3.8) is 0 Å². The van der Waals surface area contributed by atoms with Gasteiger partial charge in [-0.05, 0) is 41.1 Å². The zero-order valence-electron chi connectivity index (χ0n) is 22.8. The van der Waals surface area contributed by atoms with Gasteiger partial charge in [0.2, 0.25) is 0 Å². The second-order valence-electron chi connectivity index (χ2n) is 8.84. The minimum Gasteiger partial charge on any atom is -0.463 e. The number of rotatable bonds is 13. The molecule has 16 heteroatoms. The topological polar surface area (TPSA) is 132 Å². The summed E-state index contributed by atoms with van der Waals surface area (Å²) in [7, 11) is 0. The van der Waals surface area contributed by atoms with Gasteiger partial charge in [0.05, 0.1) is 12.7 Å². The number of halogens is 4. The smallest absolute Gasteiger partial charge is 0.303 e. The lowest BCUT2D eigenvalue weighted by molar-refractivity contribution is -0.170. The first-order chi connectivity index (χ1) is 19.8. The van der Waals surface area contributed by atoms with E-state index in [0.717, 1.165) is 23.9 Å². The Hall–Kier alpha value is -3.50. The molecule has 0 spiro atoms. The summed E-state index contributed by atoms with van der Waals surface area (Å²) in [6.07, 6.45) is 1.46. The Morgan fingerprint density at radius 2 is 1.64 bits per heavy atom. The van der Waals surface area contributed by atoms with Crippen LogP contribution in [-0.2, 0) is 39.9 Å². The zero-order valence-corrected chi connectivity index (χ0v) is 25.2. The van der Waals surface area contributed by atoms with E-state index in [0.29, 0.717) is 9.37 Å². The molecule has 0 fully saturated rings. The fourth-order valence-corrected chi connectivity index (χ4v) is 5.17. The Morgan fingerprint density at radius 3 is 2.24 bits per heavy atom. The molecule has 2 unspecified atom stereocenters. The van der Waals surface area contributed by atoms with Crippen LogP contribution in [0.1, 0.15) is 27.7 Å². The van der Waals surface area contributed by atoms with Gasteiger partial charge >= 0.3 is 17.9 Å².